The van der Waals surface area contributed by atoms with Gasteiger partial charge in [0.15, 0.2) is 5.69 Å². The Morgan fingerprint density at radius 1 is 1.50 bits per heavy atom. The van der Waals surface area contributed by atoms with Gasteiger partial charge in [-0.1, -0.05) is 5.21 Å². The lowest BCUT2D eigenvalue weighted by atomic mass is 10.1. The first-order chi connectivity index (χ1) is 7.56. The number of amides is 2. The van der Waals surface area contributed by atoms with Crippen molar-refractivity contribution in [1.82, 2.24) is 19.9 Å². The minimum absolute atomic E-state index is 0.0459. The molecule has 1 aromatic heterocycles. The molecule has 0 radical (unpaired) electrons. The van der Waals surface area contributed by atoms with Crippen LogP contribution < -0.4 is 11.5 Å². The first-order valence-corrected chi connectivity index (χ1v) is 4.79. The lowest BCUT2D eigenvalue weighted by Crippen LogP contribution is -2.57. The Morgan fingerprint density at radius 2 is 2.19 bits per heavy atom. The molecule has 2 heterocycles. The van der Waals surface area contributed by atoms with Crippen molar-refractivity contribution in [2.24, 2.45) is 11.5 Å². The average molecular weight is 224 g/mol. The molecule has 86 valence electrons. The SMILES string of the molecule is NC(=O)Cn1cc(C(=O)N2CC(N)C2)nn1. The highest BCUT2D eigenvalue weighted by molar-refractivity contribution is 5.92. The van der Waals surface area contributed by atoms with E-state index in [2.05, 4.69) is 10.3 Å². The summed E-state index contributed by atoms with van der Waals surface area (Å²) < 4.78 is 1.23. The quantitative estimate of drug-likeness (QED) is 0.590. The molecule has 0 atom stereocenters. The van der Waals surface area contributed by atoms with E-state index in [0.29, 0.717) is 13.1 Å². The van der Waals surface area contributed by atoms with Crippen molar-refractivity contribution in [1.29, 1.82) is 0 Å². The van der Waals surface area contributed by atoms with Crippen LogP contribution in [0.1, 0.15) is 10.5 Å². The van der Waals surface area contributed by atoms with Crippen LogP contribution in [0.4, 0.5) is 0 Å². The van der Waals surface area contributed by atoms with Gasteiger partial charge in [0.2, 0.25) is 5.91 Å². The fourth-order valence-electron chi connectivity index (χ4n) is 1.47. The summed E-state index contributed by atoms with van der Waals surface area (Å²) in [7, 11) is 0. The monoisotopic (exact) mass is 224 g/mol. The minimum Gasteiger partial charge on any atom is -0.368 e. The Bertz CT molecular complexity index is 422. The zero-order chi connectivity index (χ0) is 11.7. The molecule has 16 heavy (non-hydrogen) atoms. The molecule has 1 fully saturated rings. The summed E-state index contributed by atoms with van der Waals surface area (Å²) in [6, 6.07) is 0.0459. The lowest BCUT2D eigenvalue weighted by molar-refractivity contribution is -0.118. The van der Waals surface area contributed by atoms with Crippen molar-refractivity contribution in [3.63, 3.8) is 0 Å². The number of hydrogen-bond donors (Lipinski definition) is 2. The maximum Gasteiger partial charge on any atom is 0.276 e. The van der Waals surface area contributed by atoms with E-state index in [1.54, 1.807) is 4.90 Å². The third-order valence-corrected chi connectivity index (χ3v) is 2.27. The molecule has 0 aromatic carbocycles. The van der Waals surface area contributed by atoms with Crippen LogP contribution in [0.5, 0.6) is 0 Å². The van der Waals surface area contributed by atoms with Crippen LogP contribution in [0.15, 0.2) is 6.20 Å². The van der Waals surface area contributed by atoms with Crippen LogP contribution >= 0.6 is 0 Å². The number of nitrogens with zero attached hydrogens (tertiary/aromatic N) is 4. The van der Waals surface area contributed by atoms with Gasteiger partial charge in [0, 0.05) is 19.1 Å². The van der Waals surface area contributed by atoms with Gasteiger partial charge >= 0.3 is 0 Å². The van der Waals surface area contributed by atoms with Crippen LogP contribution in [0, 0.1) is 0 Å². The van der Waals surface area contributed by atoms with Crippen LogP contribution in [-0.4, -0.2) is 50.8 Å². The fraction of sp³-hybridized carbons (Fsp3) is 0.500. The van der Waals surface area contributed by atoms with Gasteiger partial charge in [0.1, 0.15) is 6.54 Å². The van der Waals surface area contributed by atoms with Crippen molar-refractivity contribution in [2.45, 2.75) is 12.6 Å². The molecule has 8 nitrogen and oxygen atoms in total. The predicted octanol–water partition coefficient (Wildman–Crippen LogP) is -2.45. The first kappa shape index (κ1) is 10.6. The van der Waals surface area contributed by atoms with Crippen LogP contribution in [0.25, 0.3) is 0 Å². The van der Waals surface area contributed by atoms with E-state index in [0.717, 1.165) is 0 Å². The molecule has 8 heteroatoms. The summed E-state index contributed by atoms with van der Waals surface area (Å²) in [5.74, 6) is -0.757. The van der Waals surface area contributed by atoms with E-state index >= 15 is 0 Å². The van der Waals surface area contributed by atoms with Gasteiger partial charge in [-0.15, -0.1) is 5.10 Å². The summed E-state index contributed by atoms with van der Waals surface area (Å²) in [6.45, 7) is 0.975. The van der Waals surface area contributed by atoms with Gasteiger partial charge in [-0.05, 0) is 0 Å². The third kappa shape index (κ3) is 2.01. The van der Waals surface area contributed by atoms with Crippen molar-refractivity contribution in [3.05, 3.63) is 11.9 Å². The van der Waals surface area contributed by atoms with Gasteiger partial charge < -0.3 is 16.4 Å². The normalized spacial score (nSPS) is 15.9. The molecule has 0 aliphatic carbocycles. The highest BCUT2D eigenvalue weighted by atomic mass is 16.2. The Hall–Kier alpha value is -1.96. The molecular weight excluding hydrogens is 212 g/mol. The van der Waals surface area contributed by atoms with Crippen LogP contribution in [0.3, 0.4) is 0 Å². The van der Waals surface area contributed by atoms with Gasteiger partial charge in [0.25, 0.3) is 5.91 Å². The maximum absolute atomic E-state index is 11.7. The fourth-order valence-corrected chi connectivity index (χ4v) is 1.47. The Balaban J connectivity index is 2.01. The summed E-state index contributed by atoms with van der Waals surface area (Å²) in [6.07, 6.45) is 1.40. The molecule has 0 spiro atoms. The molecular formula is C8H12N6O2. The molecule has 0 saturated carbocycles. The topological polar surface area (TPSA) is 120 Å². The molecule has 1 saturated heterocycles. The molecule has 2 rings (SSSR count). The zero-order valence-corrected chi connectivity index (χ0v) is 8.54. The number of aromatic nitrogens is 3. The summed E-state index contributed by atoms with van der Waals surface area (Å²) in [5, 5.41) is 7.29. The van der Waals surface area contributed by atoms with Crippen LogP contribution in [-0.2, 0) is 11.3 Å². The second-order valence-electron chi connectivity index (χ2n) is 3.74. The first-order valence-electron chi connectivity index (χ1n) is 4.79. The Morgan fingerprint density at radius 3 is 2.75 bits per heavy atom. The molecule has 1 aromatic rings. The van der Waals surface area contributed by atoms with Gasteiger partial charge in [-0.2, -0.15) is 0 Å². The number of rotatable bonds is 3. The van der Waals surface area contributed by atoms with E-state index in [1.165, 1.54) is 10.9 Å². The predicted molar refractivity (Wildman–Crippen MR) is 53.1 cm³/mol. The zero-order valence-electron chi connectivity index (χ0n) is 8.54. The van der Waals surface area contributed by atoms with Crippen molar-refractivity contribution < 1.29 is 9.59 Å². The molecule has 1 aliphatic rings. The smallest absolute Gasteiger partial charge is 0.276 e. The van der Waals surface area contributed by atoms with Gasteiger partial charge in [-0.25, -0.2) is 4.68 Å². The van der Waals surface area contributed by atoms with E-state index in [-0.39, 0.29) is 24.2 Å². The second-order valence-corrected chi connectivity index (χ2v) is 3.74. The molecule has 2 amide bonds. The number of carbonyl (C=O) groups is 2. The standard InChI is InChI=1S/C8H12N6O2/c9-5-1-13(2-5)8(16)6-3-14(12-11-6)4-7(10)15/h3,5H,1-2,4,9H2,(H2,10,15). The van der Waals surface area contributed by atoms with E-state index in [1.807, 2.05) is 0 Å². The molecule has 1 aliphatic heterocycles. The van der Waals surface area contributed by atoms with Gasteiger partial charge in [0.05, 0.1) is 6.20 Å². The Labute approximate surface area is 91.2 Å². The van der Waals surface area contributed by atoms with Gasteiger partial charge in [-0.3, -0.25) is 9.59 Å². The number of carbonyl (C=O) groups excluding carboxylic acids is 2. The van der Waals surface area contributed by atoms with E-state index < -0.39 is 5.91 Å². The minimum atomic E-state index is -0.533. The van der Waals surface area contributed by atoms with E-state index in [9.17, 15) is 9.59 Å². The highest BCUT2D eigenvalue weighted by Crippen LogP contribution is 2.09. The number of primary amides is 1. The molecule has 0 unspecified atom stereocenters. The third-order valence-electron chi connectivity index (χ3n) is 2.27. The van der Waals surface area contributed by atoms with Crippen molar-refractivity contribution >= 4 is 11.8 Å². The molecule has 0 bridgehead atoms. The maximum atomic E-state index is 11.7. The Kier molecular flexibility index (Phi) is 2.57. The largest absolute Gasteiger partial charge is 0.368 e. The average Bonchev–Trinajstić information content (AvgIpc) is 2.59. The van der Waals surface area contributed by atoms with Crippen molar-refractivity contribution in [2.75, 3.05) is 13.1 Å². The van der Waals surface area contributed by atoms with E-state index in [4.69, 9.17) is 11.5 Å². The summed E-state index contributed by atoms with van der Waals surface area (Å²) >= 11 is 0. The van der Waals surface area contributed by atoms with Crippen molar-refractivity contribution in [3.8, 4) is 0 Å². The number of likely N-dealkylation sites (tertiary alicyclic amines) is 1. The van der Waals surface area contributed by atoms with Crippen LogP contribution in [0.2, 0.25) is 0 Å². The lowest BCUT2D eigenvalue weighted by Gasteiger charge is -2.36. The number of hydrogen-bond acceptors (Lipinski definition) is 5. The molecule has 4 N–H and O–H groups in total. The summed E-state index contributed by atoms with van der Waals surface area (Å²) in [5.41, 5.74) is 10.7. The number of nitrogens with two attached hydrogens (primary N) is 2. The second kappa shape index (κ2) is 3.89. The summed E-state index contributed by atoms with van der Waals surface area (Å²) in [4.78, 5) is 23.9. The highest BCUT2D eigenvalue weighted by Gasteiger charge is 2.29.